The van der Waals surface area contributed by atoms with Gasteiger partial charge in [-0.15, -0.1) is 0 Å². The van der Waals surface area contributed by atoms with Crippen molar-refractivity contribution in [1.82, 2.24) is 18.9 Å². The number of nitrogens with zero attached hydrogens (tertiary/aromatic N) is 3. The first-order valence-electron chi connectivity index (χ1n) is 9.73. The van der Waals surface area contributed by atoms with Gasteiger partial charge in [0.2, 0.25) is 5.91 Å². The van der Waals surface area contributed by atoms with Crippen molar-refractivity contribution in [1.29, 1.82) is 0 Å². The number of carbonyl (C=O) groups is 2. The molecule has 1 aromatic carbocycles. The summed E-state index contributed by atoms with van der Waals surface area (Å²) in [7, 11) is -2.59. The minimum atomic E-state index is -4.19. The fraction of sp³-hybridized carbons (Fsp3) is 0.421. The van der Waals surface area contributed by atoms with Gasteiger partial charge in [-0.1, -0.05) is 25.1 Å². The lowest BCUT2D eigenvalue weighted by Gasteiger charge is -2.29. The van der Waals surface area contributed by atoms with E-state index >= 15 is 0 Å². The number of rotatable bonds is 7. The summed E-state index contributed by atoms with van der Waals surface area (Å²) >= 11 is 0. The van der Waals surface area contributed by atoms with Crippen LogP contribution in [0.4, 0.5) is 11.7 Å². The monoisotopic (exact) mass is 451 g/mol. The molecule has 0 spiro atoms. The second-order valence-corrected chi connectivity index (χ2v) is 8.58. The third-order valence-electron chi connectivity index (χ3n) is 4.78. The summed E-state index contributed by atoms with van der Waals surface area (Å²) in [6.45, 7) is 2.14. The Balaban J connectivity index is 1.66. The Bertz CT molecular complexity index is 1010. The standard InChI is InChI=1S/C19H25N5O6S/c1-3-17(25)23(2)15-11-24(9-10-29-12-15)31(27,28)22-18(26)16-13-30-19(21-16)20-14-7-5-4-6-8-14/h4-8,13,15H,3,9-12H2,1-2H3,(H,20,21)(H,22,26). The molecule has 1 aliphatic rings. The van der Waals surface area contributed by atoms with Gasteiger partial charge in [0.05, 0.1) is 19.3 Å². The van der Waals surface area contributed by atoms with E-state index in [2.05, 4.69) is 10.3 Å². The second kappa shape index (κ2) is 9.90. The smallest absolute Gasteiger partial charge is 0.304 e. The van der Waals surface area contributed by atoms with Crippen LogP contribution in [0.3, 0.4) is 0 Å². The van der Waals surface area contributed by atoms with Gasteiger partial charge >= 0.3 is 10.2 Å². The molecular formula is C19H25N5O6S. The molecule has 2 heterocycles. The molecule has 1 aliphatic heterocycles. The number of oxazole rings is 1. The fourth-order valence-corrected chi connectivity index (χ4v) is 4.14. The summed E-state index contributed by atoms with van der Waals surface area (Å²) in [6, 6.07) is 8.63. The number of hydrogen-bond acceptors (Lipinski definition) is 8. The lowest BCUT2D eigenvalue weighted by Crippen LogP contribution is -2.50. The molecule has 1 saturated heterocycles. The van der Waals surface area contributed by atoms with Crippen molar-refractivity contribution < 1.29 is 27.2 Å². The van der Waals surface area contributed by atoms with Crippen LogP contribution in [0.15, 0.2) is 41.0 Å². The molecule has 0 saturated carbocycles. The van der Waals surface area contributed by atoms with Crippen molar-refractivity contribution in [3.63, 3.8) is 0 Å². The minimum absolute atomic E-state index is 0.00445. The van der Waals surface area contributed by atoms with Gasteiger partial charge in [-0.05, 0) is 12.1 Å². The van der Waals surface area contributed by atoms with E-state index in [4.69, 9.17) is 9.15 Å². The minimum Gasteiger partial charge on any atom is -0.431 e. The van der Waals surface area contributed by atoms with Crippen molar-refractivity contribution in [2.75, 3.05) is 38.7 Å². The van der Waals surface area contributed by atoms with Gasteiger partial charge in [0.15, 0.2) is 5.69 Å². The third kappa shape index (κ3) is 5.81. The third-order valence-corrected chi connectivity index (χ3v) is 6.23. The van der Waals surface area contributed by atoms with Crippen molar-refractivity contribution in [2.24, 2.45) is 0 Å². The molecule has 0 bridgehead atoms. The second-order valence-electron chi connectivity index (χ2n) is 6.91. The first-order valence-corrected chi connectivity index (χ1v) is 11.2. The quantitative estimate of drug-likeness (QED) is 0.636. The van der Waals surface area contributed by atoms with Gasteiger partial charge < -0.3 is 19.4 Å². The first-order chi connectivity index (χ1) is 14.8. The normalized spacial score (nSPS) is 17.5. The molecule has 1 atom stereocenters. The highest BCUT2D eigenvalue weighted by Crippen LogP contribution is 2.16. The van der Waals surface area contributed by atoms with E-state index in [0.29, 0.717) is 12.1 Å². The summed E-state index contributed by atoms with van der Waals surface area (Å²) in [5.41, 5.74) is 0.508. The van der Waals surface area contributed by atoms with Crippen molar-refractivity contribution >= 4 is 33.7 Å². The fourth-order valence-electron chi connectivity index (χ4n) is 2.98. The van der Waals surface area contributed by atoms with Crippen LogP contribution in [0, 0.1) is 0 Å². The Morgan fingerprint density at radius 2 is 2.03 bits per heavy atom. The van der Waals surface area contributed by atoms with Gasteiger partial charge in [0, 0.05) is 32.2 Å². The predicted molar refractivity (Wildman–Crippen MR) is 112 cm³/mol. The van der Waals surface area contributed by atoms with Gasteiger partial charge in [0.25, 0.3) is 11.9 Å². The Morgan fingerprint density at radius 3 is 2.74 bits per heavy atom. The Morgan fingerprint density at radius 1 is 1.29 bits per heavy atom. The number of likely N-dealkylation sites (N-methyl/N-ethyl adjacent to an activating group) is 1. The number of carbonyl (C=O) groups excluding carboxylic acids is 2. The van der Waals surface area contributed by atoms with Crippen LogP contribution in [-0.2, 0) is 19.7 Å². The van der Waals surface area contributed by atoms with Gasteiger partial charge in [-0.3, -0.25) is 9.59 Å². The highest BCUT2D eigenvalue weighted by atomic mass is 32.2. The van der Waals surface area contributed by atoms with Crippen LogP contribution in [0.1, 0.15) is 23.8 Å². The molecule has 168 valence electrons. The highest BCUT2D eigenvalue weighted by Gasteiger charge is 2.32. The molecule has 0 radical (unpaired) electrons. The largest absolute Gasteiger partial charge is 0.431 e. The summed E-state index contributed by atoms with van der Waals surface area (Å²) in [5, 5.41) is 2.88. The SMILES string of the molecule is CCC(=O)N(C)C1COCCN(S(=O)(=O)NC(=O)c2coc(Nc3ccccc3)n2)C1. The highest BCUT2D eigenvalue weighted by molar-refractivity contribution is 7.87. The molecule has 0 aliphatic carbocycles. The molecule has 3 rings (SSSR count). The van der Waals surface area contributed by atoms with Crippen LogP contribution in [0.5, 0.6) is 0 Å². The molecule has 1 unspecified atom stereocenters. The van der Waals surface area contributed by atoms with E-state index in [1.165, 1.54) is 4.90 Å². The van der Waals surface area contributed by atoms with E-state index < -0.39 is 22.2 Å². The average molecular weight is 452 g/mol. The van der Waals surface area contributed by atoms with E-state index in [9.17, 15) is 18.0 Å². The molecule has 2 aromatic rings. The number of benzene rings is 1. The van der Waals surface area contributed by atoms with E-state index in [-0.39, 0.29) is 43.9 Å². The number of para-hydroxylation sites is 1. The maximum atomic E-state index is 12.8. The average Bonchev–Trinajstić information content (AvgIpc) is 3.07. The first kappa shape index (κ1) is 22.7. The number of hydrogen-bond donors (Lipinski definition) is 2. The Labute approximate surface area is 180 Å². The van der Waals surface area contributed by atoms with E-state index in [1.807, 2.05) is 22.9 Å². The van der Waals surface area contributed by atoms with Crippen molar-refractivity contribution in [2.45, 2.75) is 19.4 Å². The molecule has 11 nitrogen and oxygen atoms in total. The Kier molecular flexibility index (Phi) is 7.25. The predicted octanol–water partition coefficient (Wildman–Crippen LogP) is 0.962. The van der Waals surface area contributed by atoms with Gasteiger partial charge in [-0.25, -0.2) is 4.72 Å². The molecular weight excluding hydrogens is 426 g/mol. The zero-order valence-electron chi connectivity index (χ0n) is 17.3. The van der Waals surface area contributed by atoms with Crippen LogP contribution in [0.25, 0.3) is 0 Å². The molecule has 12 heteroatoms. The van der Waals surface area contributed by atoms with E-state index in [1.54, 1.807) is 26.1 Å². The van der Waals surface area contributed by atoms with Crippen LogP contribution in [0.2, 0.25) is 0 Å². The Hall–Kier alpha value is -2.96. The number of anilines is 2. The molecule has 1 fully saturated rings. The summed E-state index contributed by atoms with van der Waals surface area (Å²) < 4.78 is 39.3. The number of amides is 2. The number of nitrogens with one attached hydrogen (secondary N) is 2. The topological polar surface area (TPSA) is 134 Å². The maximum absolute atomic E-state index is 12.8. The lowest BCUT2D eigenvalue weighted by atomic mass is 10.2. The summed E-state index contributed by atoms with van der Waals surface area (Å²) in [5.74, 6) is -1.05. The molecule has 1 aromatic heterocycles. The molecule has 2 N–H and O–H groups in total. The van der Waals surface area contributed by atoms with Crippen molar-refractivity contribution in [3.05, 3.63) is 42.3 Å². The lowest BCUT2D eigenvalue weighted by molar-refractivity contribution is -0.132. The molecule has 2 amide bonds. The molecule has 31 heavy (non-hydrogen) atoms. The summed E-state index contributed by atoms with van der Waals surface area (Å²) in [6.07, 6.45) is 1.36. The summed E-state index contributed by atoms with van der Waals surface area (Å²) in [4.78, 5) is 29.9. The zero-order valence-corrected chi connectivity index (χ0v) is 18.1. The van der Waals surface area contributed by atoms with Crippen LogP contribution >= 0.6 is 0 Å². The number of ether oxygens (including phenoxy) is 1. The van der Waals surface area contributed by atoms with E-state index in [0.717, 1.165) is 10.6 Å². The van der Waals surface area contributed by atoms with Gasteiger partial charge in [0.1, 0.15) is 6.26 Å². The van der Waals surface area contributed by atoms with Crippen molar-refractivity contribution in [3.8, 4) is 0 Å². The van der Waals surface area contributed by atoms with Crippen LogP contribution < -0.4 is 10.0 Å². The maximum Gasteiger partial charge on any atom is 0.304 e. The van der Waals surface area contributed by atoms with Gasteiger partial charge in [-0.2, -0.15) is 17.7 Å². The zero-order chi connectivity index (χ0) is 22.4. The number of aromatic nitrogens is 1. The van der Waals surface area contributed by atoms with Crippen LogP contribution in [-0.4, -0.2) is 73.8 Å².